The second-order valence-electron chi connectivity index (χ2n) is 6.31. The van der Waals surface area contributed by atoms with Crippen molar-refractivity contribution in [1.82, 2.24) is 15.5 Å². The lowest BCUT2D eigenvalue weighted by molar-refractivity contribution is -0.149. The van der Waals surface area contributed by atoms with E-state index in [-0.39, 0.29) is 11.9 Å². The van der Waals surface area contributed by atoms with Crippen LogP contribution in [0, 0.1) is 6.92 Å². The second-order valence-corrected chi connectivity index (χ2v) is 6.31. The maximum atomic E-state index is 12.6. The number of aryl methyl sites for hydroxylation is 1. The van der Waals surface area contributed by atoms with Gasteiger partial charge in [-0.05, 0) is 44.0 Å². The quantitative estimate of drug-likeness (QED) is 0.858. The summed E-state index contributed by atoms with van der Waals surface area (Å²) in [5, 5.41) is 6.65. The molecule has 25 heavy (non-hydrogen) atoms. The lowest BCUT2D eigenvalue weighted by atomic mass is 9.81. The molecule has 7 nitrogen and oxygen atoms in total. The molecule has 0 unspecified atom stereocenters. The van der Waals surface area contributed by atoms with Gasteiger partial charge in [-0.3, -0.25) is 4.79 Å². The SMILES string of the molecule is COC(=O)C1(NC(=O)c2ccc(-c3nc(C)no3)cc2)CCCCC1. The Balaban J connectivity index is 1.76. The molecule has 1 aromatic heterocycles. The van der Waals surface area contributed by atoms with Gasteiger partial charge < -0.3 is 14.6 Å². The molecule has 132 valence electrons. The zero-order valence-electron chi connectivity index (χ0n) is 14.4. The van der Waals surface area contributed by atoms with Crippen molar-refractivity contribution >= 4 is 11.9 Å². The third-order valence-corrected chi connectivity index (χ3v) is 4.56. The minimum atomic E-state index is -0.924. The van der Waals surface area contributed by atoms with Gasteiger partial charge in [0.25, 0.3) is 11.8 Å². The van der Waals surface area contributed by atoms with Crippen molar-refractivity contribution in [3.63, 3.8) is 0 Å². The topological polar surface area (TPSA) is 94.3 Å². The normalized spacial score (nSPS) is 16.2. The van der Waals surface area contributed by atoms with E-state index in [1.54, 1.807) is 31.2 Å². The van der Waals surface area contributed by atoms with E-state index in [9.17, 15) is 9.59 Å². The molecule has 2 aromatic rings. The third kappa shape index (κ3) is 3.55. The van der Waals surface area contributed by atoms with Crippen LogP contribution in [0.15, 0.2) is 28.8 Å². The van der Waals surface area contributed by atoms with Crippen LogP contribution < -0.4 is 5.32 Å². The zero-order chi connectivity index (χ0) is 17.9. The number of carbonyl (C=O) groups is 2. The van der Waals surface area contributed by atoms with E-state index in [0.29, 0.717) is 30.1 Å². The number of carbonyl (C=O) groups excluding carboxylic acids is 2. The van der Waals surface area contributed by atoms with Crippen molar-refractivity contribution in [3.05, 3.63) is 35.7 Å². The Kier molecular flexibility index (Phi) is 4.83. The van der Waals surface area contributed by atoms with Gasteiger partial charge in [0.1, 0.15) is 5.54 Å². The van der Waals surface area contributed by atoms with Gasteiger partial charge in [0.05, 0.1) is 7.11 Å². The van der Waals surface area contributed by atoms with Crippen molar-refractivity contribution in [1.29, 1.82) is 0 Å². The van der Waals surface area contributed by atoms with Crippen LogP contribution >= 0.6 is 0 Å². The number of esters is 1. The van der Waals surface area contributed by atoms with Gasteiger partial charge in [-0.25, -0.2) is 4.79 Å². The average Bonchev–Trinajstić information content (AvgIpc) is 3.08. The molecule has 0 aliphatic heterocycles. The molecular formula is C18H21N3O4. The Hall–Kier alpha value is -2.70. The Labute approximate surface area is 145 Å². The molecule has 1 heterocycles. The molecule has 0 radical (unpaired) electrons. The first kappa shape index (κ1) is 17.1. The molecule has 1 aromatic carbocycles. The Morgan fingerprint density at radius 1 is 1.16 bits per heavy atom. The predicted octanol–water partition coefficient (Wildman–Crippen LogP) is 2.65. The largest absolute Gasteiger partial charge is 0.467 e. The van der Waals surface area contributed by atoms with Crippen LogP contribution in [0.4, 0.5) is 0 Å². The van der Waals surface area contributed by atoms with Crippen LogP contribution in [0.25, 0.3) is 11.5 Å². The minimum absolute atomic E-state index is 0.291. The van der Waals surface area contributed by atoms with Crippen LogP contribution in [0.1, 0.15) is 48.3 Å². The number of amides is 1. The molecule has 7 heteroatoms. The van der Waals surface area contributed by atoms with E-state index < -0.39 is 5.54 Å². The first-order chi connectivity index (χ1) is 12.0. The summed E-state index contributed by atoms with van der Waals surface area (Å²) in [6.07, 6.45) is 4.05. The van der Waals surface area contributed by atoms with Crippen LogP contribution in [0.2, 0.25) is 0 Å². The van der Waals surface area contributed by atoms with Crippen molar-refractivity contribution < 1.29 is 18.8 Å². The number of methoxy groups -OCH3 is 1. The molecule has 0 atom stereocenters. The Morgan fingerprint density at radius 2 is 1.84 bits per heavy atom. The number of ether oxygens (including phenoxy) is 1. The zero-order valence-corrected chi connectivity index (χ0v) is 14.4. The van der Waals surface area contributed by atoms with Crippen LogP contribution in [0.5, 0.6) is 0 Å². The van der Waals surface area contributed by atoms with Gasteiger partial charge in [0.2, 0.25) is 0 Å². The number of nitrogens with zero attached hydrogens (tertiary/aromatic N) is 2. The maximum absolute atomic E-state index is 12.6. The van der Waals surface area contributed by atoms with Crippen molar-refractivity contribution in [2.24, 2.45) is 0 Å². The number of hydrogen-bond donors (Lipinski definition) is 1. The van der Waals surface area contributed by atoms with E-state index in [0.717, 1.165) is 24.8 Å². The van der Waals surface area contributed by atoms with E-state index >= 15 is 0 Å². The van der Waals surface area contributed by atoms with Crippen molar-refractivity contribution in [3.8, 4) is 11.5 Å². The summed E-state index contributed by atoms with van der Waals surface area (Å²) in [4.78, 5) is 29.0. The number of rotatable bonds is 4. The molecule has 1 fully saturated rings. The van der Waals surface area contributed by atoms with Crippen molar-refractivity contribution in [2.75, 3.05) is 7.11 Å². The number of hydrogen-bond acceptors (Lipinski definition) is 6. The van der Waals surface area contributed by atoms with Gasteiger partial charge in [-0.2, -0.15) is 4.98 Å². The molecule has 0 bridgehead atoms. The third-order valence-electron chi connectivity index (χ3n) is 4.56. The molecule has 0 saturated heterocycles. The smallest absolute Gasteiger partial charge is 0.331 e. The van der Waals surface area contributed by atoms with Gasteiger partial charge in [-0.15, -0.1) is 0 Å². The van der Waals surface area contributed by atoms with Gasteiger partial charge in [0, 0.05) is 11.1 Å². The minimum Gasteiger partial charge on any atom is -0.467 e. The Morgan fingerprint density at radius 3 is 2.40 bits per heavy atom. The molecular weight excluding hydrogens is 322 g/mol. The first-order valence-electron chi connectivity index (χ1n) is 8.36. The fourth-order valence-corrected chi connectivity index (χ4v) is 3.20. The highest BCUT2D eigenvalue weighted by atomic mass is 16.5. The number of benzene rings is 1. The van der Waals surface area contributed by atoms with E-state index in [1.165, 1.54) is 7.11 Å². The second kappa shape index (κ2) is 7.04. The number of aromatic nitrogens is 2. The summed E-state index contributed by atoms with van der Waals surface area (Å²) >= 11 is 0. The van der Waals surface area contributed by atoms with E-state index in [2.05, 4.69) is 15.5 Å². The highest BCUT2D eigenvalue weighted by Crippen LogP contribution is 2.30. The summed E-state index contributed by atoms with van der Waals surface area (Å²) in [6.45, 7) is 1.74. The molecule has 1 aliphatic carbocycles. The summed E-state index contributed by atoms with van der Waals surface area (Å²) in [7, 11) is 1.35. The standard InChI is InChI=1S/C18H21N3O4/c1-12-19-16(25-21-12)14-8-6-13(7-9-14)15(22)20-18(17(23)24-2)10-4-3-5-11-18/h6-9H,3-5,10-11H2,1-2H3,(H,20,22). The van der Waals surface area contributed by atoms with Crippen molar-refractivity contribution in [2.45, 2.75) is 44.6 Å². The van der Waals surface area contributed by atoms with Gasteiger partial charge in [0.15, 0.2) is 5.82 Å². The van der Waals surface area contributed by atoms with Crippen LogP contribution in [0.3, 0.4) is 0 Å². The number of nitrogens with one attached hydrogen (secondary N) is 1. The van der Waals surface area contributed by atoms with E-state index in [4.69, 9.17) is 9.26 Å². The lowest BCUT2D eigenvalue weighted by Crippen LogP contribution is -2.56. The van der Waals surface area contributed by atoms with E-state index in [1.807, 2.05) is 0 Å². The fraction of sp³-hybridized carbons (Fsp3) is 0.444. The van der Waals surface area contributed by atoms with Gasteiger partial charge in [-0.1, -0.05) is 24.4 Å². The monoisotopic (exact) mass is 343 g/mol. The maximum Gasteiger partial charge on any atom is 0.331 e. The van der Waals surface area contributed by atoms with Gasteiger partial charge >= 0.3 is 5.97 Å². The average molecular weight is 343 g/mol. The summed E-state index contributed by atoms with van der Waals surface area (Å²) in [5.74, 6) is 0.288. The molecule has 1 aliphatic rings. The highest BCUT2D eigenvalue weighted by molar-refractivity contribution is 5.98. The predicted molar refractivity (Wildman–Crippen MR) is 89.8 cm³/mol. The summed E-state index contributed by atoms with van der Waals surface area (Å²) in [6, 6.07) is 6.84. The molecule has 1 amide bonds. The fourth-order valence-electron chi connectivity index (χ4n) is 3.20. The molecule has 1 saturated carbocycles. The van der Waals surface area contributed by atoms with Crippen LogP contribution in [-0.2, 0) is 9.53 Å². The first-order valence-corrected chi connectivity index (χ1v) is 8.36. The highest BCUT2D eigenvalue weighted by Gasteiger charge is 2.42. The summed E-state index contributed by atoms with van der Waals surface area (Å²) < 4.78 is 10.0. The summed E-state index contributed by atoms with van der Waals surface area (Å²) in [5.41, 5.74) is 0.276. The van der Waals surface area contributed by atoms with Crippen LogP contribution in [-0.4, -0.2) is 34.7 Å². The Bertz CT molecular complexity index is 761. The molecule has 0 spiro atoms. The molecule has 1 N–H and O–H groups in total. The molecule has 3 rings (SSSR count). The lowest BCUT2D eigenvalue weighted by Gasteiger charge is -2.35.